The van der Waals surface area contributed by atoms with Crippen molar-refractivity contribution in [3.63, 3.8) is 0 Å². The highest BCUT2D eigenvalue weighted by molar-refractivity contribution is 6.13. The molecule has 4 heterocycles. The van der Waals surface area contributed by atoms with E-state index in [1.165, 1.54) is 0 Å². The fourth-order valence-corrected chi connectivity index (χ4v) is 3.22. The molecular formula is C21H19N7O. The Bertz CT molecular complexity index is 1280. The number of aryl methyl sites for hydroxylation is 1. The van der Waals surface area contributed by atoms with Crippen LogP contribution in [0.2, 0.25) is 0 Å². The first kappa shape index (κ1) is 18.4. The molecule has 0 unspecified atom stereocenters. The number of hydrogen-bond donors (Lipinski definition) is 2. The van der Waals surface area contributed by atoms with Crippen LogP contribution in [-0.4, -0.2) is 35.6 Å². The van der Waals surface area contributed by atoms with Crippen LogP contribution in [0.1, 0.15) is 31.0 Å². The van der Waals surface area contributed by atoms with Gasteiger partial charge in [-0.25, -0.2) is 4.99 Å². The number of aliphatic imine (C=N–C) groups is 1. The van der Waals surface area contributed by atoms with Crippen molar-refractivity contribution >= 4 is 22.4 Å². The third-order valence-electron chi connectivity index (χ3n) is 4.80. The van der Waals surface area contributed by atoms with Crippen LogP contribution in [0.4, 0.5) is 5.82 Å². The molecule has 0 amide bonds. The standard InChI is InChI=1S/C21H19N7O/c1-12-4-6-23-10-16(12)17-8-15-18(11-24-17)26-21(29)20(15)14(3)25-19-5-7-28(27-19)13(2)9-22/h4-8,10-11,13,26,29H,1-3H3/t13-/m1/s1. The van der Waals surface area contributed by atoms with Crippen molar-refractivity contribution in [1.82, 2.24) is 24.7 Å². The highest BCUT2D eigenvalue weighted by atomic mass is 16.3. The van der Waals surface area contributed by atoms with Crippen LogP contribution in [0.3, 0.4) is 0 Å². The number of nitrogens with zero attached hydrogens (tertiary/aromatic N) is 6. The van der Waals surface area contributed by atoms with Crippen molar-refractivity contribution in [2.24, 2.45) is 4.99 Å². The van der Waals surface area contributed by atoms with Crippen molar-refractivity contribution in [1.29, 1.82) is 5.26 Å². The molecule has 8 nitrogen and oxygen atoms in total. The Hall–Kier alpha value is -3.99. The molecule has 0 saturated heterocycles. The number of pyridine rings is 2. The van der Waals surface area contributed by atoms with Crippen LogP contribution in [0, 0.1) is 18.3 Å². The lowest BCUT2D eigenvalue weighted by atomic mass is 10.0. The molecule has 0 fully saturated rings. The van der Waals surface area contributed by atoms with Gasteiger partial charge in [-0.15, -0.1) is 0 Å². The van der Waals surface area contributed by atoms with Gasteiger partial charge in [0.2, 0.25) is 0 Å². The molecule has 0 aliphatic heterocycles. The summed E-state index contributed by atoms with van der Waals surface area (Å²) in [7, 11) is 0. The summed E-state index contributed by atoms with van der Waals surface area (Å²) >= 11 is 0. The summed E-state index contributed by atoms with van der Waals surface area (Å²) in [5, 5.41) is 24.6. The van der Waals surface area contributed by atoms with Crippen LogP contribution in [0.5, 0.6) is 5.88 Å². The van der Waals surface area contributed by atoms with Gasteiger partial charge in [-0.1, -0.05) is 0 Å². The Morgan fingerprint density at radius 1 is 1.34 bits per heavy atom. The molecule has 4 aromatic heterocycles. The average molecular weight is 385 g/mol. The Kier molecular flexibility index (Phi) is 4.56. The number of nitrogens with one attached hydrogen (secondary N) is 1. The van der Waals surface area contributed by atoms with Gasteiger partial charge in [-0.05, 0) is 38.5 Å². The zero-order chi connectivity index (χ0) is 20.5. The summed E-state index contributed by atoms with van der Waals surface area (Å²) in [6.07, 6.45) is 6.92. The number of aromatic hydroxyl groups is 1. The molecule has 0 bridgehead atoms. The number of H-pyrrole nitrogens is 1. The lowest BCUT2D eigenvalue weighted by Crippen LogP contribution is -2.02. The SMILES string of the molecule is CC(=Nc1ccn([C@H](C)C#N)n1)c1c(O)[nH]c2cnc(-c3cnccc3C)cc12. The monoisotopic (exact) mass is 385 g/mol. The van der Waals surface area contributed by atoms with E-state index in [2.05, 4.69) is 31.1 Å². The predicted octanol–water partition coefficient (Wildman–Crippen LogP) is 4.06. The summed E-state index contributed by atoms with van der Waals surface area (Å²) in [6.45, 7) is 5.57. The molecule has 0 aliphatic rings. The van der Waals surface area contributed by atoms with Crippen LogP contribution >= 0.6 is 0 Å². The molecular weight excluding hydrogens is 366 g/mol. The van der Waals surface area contributed by atoms with Gasteiger partial charge in [-0.3, -0.25) is 14.6 Å². The zero-order valence-electron chi connectivity index (χ0n) is 16.2. The number of nitriles is 1. The summed E-state index contributed by atoms with van der Waals surface area (Å²) in [6, 6.07) is 7.33. The van der Waals surface area contributed by atoms with E-state index < -0.39 is 0 Å². The van der Waals surface area contributed by atoms with E-state index in [0.717, 1.165) is 22.2 Å². The van der Waals surface area contributed by atoms with Crippen LogP contribution in [0.15, 0.2) is 48.0 Å². The fourth-order valence-electron chi connectivity index (χ4n) is 3.22. The molecule has 144 valence electrons. The van der Waals surface area contributed by atoms with Crippen LogP contribution < -0.4 is 0 Å². The minimum atomic E-state index is -0.378. The smallest absolute Gasteiger partial charge is 0.198 e. The molecule has 0 spiro atoms. The van der Waals surface area contributed by atoms with E-state index in [9.17, 15) is 5.11 Å². The van der Waals surface area contributed by atoms with Crippen molar-refractivity contribution in [3.05, 3.63) is 54.1 Å². The van der Waals surface area contributed by atoms with Gasteiger partial charge >= 0.3 is 0 Å². The maximum absolute atomic E-state index is 10.5. The molecule has 2 N–H and O–H groups in total. The van der Waals surface area contributed by atoms with Crippen LogP contribution in [-0.2, 0) is 0 Å². The molecule has 0 aliphatic carbocycles. The van der Waals surface area contributed by atoms with Crippen LogP contribution in [0.25, 0.3) is 22.2 Å². The second-order valence-corrected chi connectivity index (χ2v) is 6.81. The molecule has 4 rings (SSSR count). The van der Waals surface area contributed by atoms with E-state index in [1.54, 1.807) is 42.5 Å². The van der Waals surface area contributed by atoms with Crippen molar-refractivity contribution < 1.29 is 5.11 Å². The quantitative estimate of drug-likeness (QED) is 0.514. The molecule has 0 aromatic carbocycles. The normalized spacial score (nSPS) is 12.8. The molecule has 0 saturated carbocycles. The van der Waals surface area contributed by atoms with Gasteiger partial charge in [0.25, 0.3) is 0 Å². The number of fused-ring (bicyclic) bond motifs is 1. The minimum absolute atomic E-state index is 0.0212. The molecule has 1 atom stereocenters. The summed E-state index contributed by atoms with van der Waals surface area (Å²) in [5.74, 6) is 0.490. The Labute approximate surface area is 167 Å². The lowest BCUT2D eigenvalue weighted by molar-refractivity contribution is 0.457. The Morgan fingerprint density at radius 3 is 2.93 bits per heavy atom. The highest BCUT2D eigenvalue weighted by Crippen LogP contribution is 2.31. The van der Waals surface area contributed by atoms with Gasteiger partial charge in [0.15, 0.2) is 11.7 Å². The topological polar surface area (TPSA) is 116 Å². The largest absolute Gasteiger partial charge is 0.494 e. The molecule has 4 aromatic rings. The third-order valence-corrected chi connectivity index (χ3v) is 4.80. The average Bonchev–Trinajstić information content (AvgIpc) is 3.30. The van der Waals surface area contributed by atoms with Gasteiger partial charge in [-0.2, -0.15) is 10.4 Å². The third kappa shape index (κ3) is 3.34. The zero-order valence-corrected chi connectivity index (χ0v) is 16.2. The molecule has 0 radical (unpaired) electrons. The lowest BCUT2D eigenvalue weighted by Gasteiger charge is -2.05. The van der Waals surface area contributed by atoms with Crippen molar-refractivity contribution in [3.8, 4) is 23.2 Å². The summed E-state index contributed by atoms with van der Waals surface area (Å²) in [5.41, 5.74) is 4.66. The van der Waals surface area contributed by atoms with E-state index in [4.69, 9.17) is 5.26 Å². The van der Waals surface area contributed by atoms with E-state index in [0.29, 0.717) is 22.6 Å². The fraction of sp³-hybridized carbons (Fsp3) is 0.190. The predicted molar refractivity (Wildman–Crippen MR) is 110 cm³/mol. The Morgan fingerprint density at radius 2 is 2.17 bits per heavy atom. The van der Waals surface area contributed by atoms with Crippen molar-refractivity contribution in [2.75, 3.05) is 0 Å². The molecule has 8 heteroatoms. The number of aromatic nitrogens is 5. The van der Waals surface area contributed by atoms with Gasteiger partial charge < -0.3 is 10.1 Å². The van der Waals surface area contributed by atoms with Gasteiger partial charge in [0.1, 0.15) is 6.04 Å². The molecule has 29 heavy (non-hydrogen) atoms. The second-order valence-electron chi connectivity index (χ2n) is 6.81. The van der Waals surface area contributed by atoms with Crippen molar-refractivity contribution in [2.45, 2.75) is 26.8 Å². The first-order valence-electron chi connectivity index (χ1n) is 9.10. The summed E-state index contributed by atoms with van der Waals surface area (Å²) in [4.78, 5) is 16.2. The van der Waals surface area contributed by atoms with Gasteiger partial charge in [0, 0.05) is 35.6 Å². The Balaban J connectivity index is 1.80. The number of rotatable bonds is 4. The summed E-state index contributed by atoms with van der Waals surface area (Å²) < 4.78 is 1.55. The van der Waals surface area contributed by atoms with E-state index >= 15 is 0 Å². The van der Waals surface area contributed by atoms with E-state index in [-0.39, 0.29) is 11.9 Å². The van der Waals surface area contributed by atoms with Gasteiger partial charge in [0.05, 0.1) is 34.8 Å². The highest BCUT2D eigenvalue weighted by Gasteiger charge is 2.16. The first-order valence-corrected chi connectivity index (χ1v) is 9.10. The number of aromatic amines is 1. The maximum Gasteiger partial charge on any atom is 0.198 e. The second kappa shape index (κ2) is 7.20. The first-order chi connectivity index (χ1) is 14.0. The maximum atomic E-state index is 10.5. The number of hydrogen-bond acceptors (Lipinski definition) is 6. The minimum Gasteiger partial charge on any atom is -0.494 e. The van der Waals surface area contributed by atoms with E-state index in [1.807, 2.05) is 26.0 Å².